The van der Waals surface area contributed by atoms with Gasteiger partial charge < -0.3 is 24.6 Å². The molecule has 3 aromatic rings. The monoisotopic (exact) mass is 601 g/mol. The van der Waals surface area contributed by atoms with E-state index in [2.05, 4.69) is 0 Å². The SMILES string of the molecule is CC(C)Oc1cc(-c2ccc(OCCN(C[C@H](O)c3ccc([N+](=O)[O-])cc3)C(=O)O)cc2)ccc1C(=O)NS(C)(=O)=O. The maximum absolute atomic E-state index is 12.4. The first-order valence-electron chi connectivity index (χ1n) is 12.7. The summed E-state index contributed by atoms with van der Waals surface area (Å²) in [7, 11) is -3.76. The topological polar surface area (TPSA) is 186 Å². The minimum Gasteiger partial charge on any atom is -0.492 e. The van der Waals surface area contributed by atoms with Crippen LogP contribution in [-0.4, -0.2) is 72.5 Å². The van der Waals surface area contributed by atoms with Gasteiger partial charge in [0.05, 0.1) is 42.0 Å². The van der Waals surface area contributed by atoms with E-state index in [9.17, 15) is 38.3 Å². The molecular weight excluding hydrogens is 570 g/mol. The average Bonchev–Trinajstić information content (AvgIpc) is 2.91. The van der Waals surface area contributed by atoms with Gasteiger partial charge >= 0.3 is 6.09 Å². The first-order valence-corrected chi connectivity index (χ1v) is 14.6. The first kappa shape index (κ1) is 31.8. The van der Waals surface area contributed by atoms with Gasteiger partial charge in [-0.1, -0.05) is 18.2 Å². The Labute approximate surface area is 242 Å². The van der Waals surface area contributed by atoms with E-state index in [4.69, 9.17) is 9.47 Å². The molecule has 0 unspecified atom stereocenters. The summed E-state index contributed by atoms with van der Waals surface area (Å²) in [6, 6.07) is 16.9. The third-order valence-electron chi connectivity index (χ3n) is 5.84. The van der Waals surface area contributed by atoms with Gasteiger partial charge in [0.2, 0.25) is 10.0 Å². The Morgan fingerprint density at radius 1 is 1.02 bits per heavy atom. The number of hydrogen-bond acceptors (Lipinski definition) is 9. The van der Waals surface area contributed by atoms with Crippen LogP contribution in [0.5, 0.6) is 11.5 Å². The van der Waals surface area contributed by atoms with E-state index in [-0.39, 0.29) is 42.8 Å². The van der Waals surface area contributed by atoms with E-state index in [1.165, 1.54) is 30.3 Å². The Morgan fingerprint density at radius 2 is 1.64 bits per heavy atom. The molecule has 0 fully saturated rings. The number of rotatable bonds is 13. The zero-order valence-electron chi connectivity index (χ0n) is 23.1. The van der Waals surface area contributed by atoms with Gasteiger partial charge in [-0.15, -0.1) is 0 Å². The molecular formula is C28H31N3O10S. The minimum atomic E-state index is -3.76. The van der Waals surface area contributed by atoms with Crippen molar-refractivity contribution in [1.82, 2.24) is 9.62 Å². The summed E-state index contributed by atoms with van der Waals surface area (Å²) < 4.78 is 36.4. The number of nitrogens with one attached hydrogen (secondary N) is 1. The standard InChI is InChI=1S/C28H31N3O10S/c1-18(2)41-26-16-21(8-13-24(26)27(33)29-42(3,38)39)19-6-11-23(12-7-19)40-15-14-30(28(34)35)17-25(32)20-4-9-22(10-5-20)31(36)37/h4-13,16,18,25,32H,14-15,17H2,1-3H3,(H,29,33)(H,34,35)/t25-/m0/s1. The number of carboxylic acid groups (broad SMARTS) is 1. The van der Waals surface area contributed by atoms with E-state index in [1.54, 1.807) is 50.2 Å². The van der Waals surface area contributed by atoms with Gasteiger partial charge in [0.15, 0.2) is 0 Å². The fourth-order valence-electron chi connectivity index (χ4n) is 3.88. The summed E-state index contributed by atoms with van der Waals surface area (Å²) in [5, 5.41) is 30.8. The van der Waals surface area contributed by atoms with Crippen molar-refractivity contribution in [2.45, 2.75) is 26.1 Å². The summed E-state index contributed by atoms with van der Waals surface area (Å²) in [6.45, 7) is 3.25. The lowest BCUT2D eigenvalue weighted by Gasteiger charge is -2.22. The number of non-ortho nitro benzene ring substituents is 1. The number of nitrogens with zero attached hydrogens (tertiary/aromatic N) is 2. The largest absolute Gasteiger partial charge is 0.492 e. The lowest BCUT2D eigenvalue weighted by molar-refractivity contribution is -0.384. The van der Waals surface area contributed by atoms with E-state index in [1.807, 2.05) is 4.72 Å². The highest BCUT2D eigenvalue weighted by atomic mass is 32.2. The van der Waals surface area contributed by atoms with Crippen LogP contribution in [0.25, 0.3) is 11.1 Å². The fraction of sp³-hybridized carbons (Fsp3) is 0.286. The maximum Gasteiger partial charge on any atom is 0.407 e. The van der Waals surface area contributed by atoms with E-state index >= 15 is 0 Å². The second-order valence-electron chi connectivity index (χ2n) is 9.55. The second kappa shape index (κ2) is 13.8. The van der Waals surface area contributed by atoms with Crippen LogP contribution in [0.1, 0.15) is 35.9 Å². The quantitative estimate of drug-likeness (QED) is 0.192. The maximum atomic E-state index is 12.4. The molecule has 0 heterocycles. The van der Waals surface area contributed by atoms with Crippen molar-refractivity contribution in [3.8, 4) is 22.6 Å². The molecule has 224 valence electrons. The highest BCUT2D eigenvalue weighted by molar-refractivity contribution is 7.89. The van der Waals surface area contributed by atoms with Crippen LogP contribution in [0.15, 0.2) is 66.7 Å². The van der Waals surface area contributed by atoms with Gasteiger partial charge in [0.1, 0.15) is 18.1 Å². The van der Waals surface area contributed by atoms with Crippen molar-refractivity contribution in [2.24, 2.45) is 0 Å². The number of benzene rings is 3. The molecule has 42 heavy (non-hydrogen) atoms. The molecule has 2 amide bonds. The van der Waals surface area contributed by atoms with Gasteiger partial charge in [-0.05, 0) is 66.9 Å². The fourth-order valence-corrected chi connectivity index (χ4v) is 4.33. The number of carbonyl (C=O) groups excluding carboxylic acids is 1. The Bertz CT molecular complexity index is 1520. The molecule has 0 radical (unpaired) electrons. The third-order valence-corrected chi connectivity index (χ3v) is 6.39. The van der Waals surface area contributed by atoms with Gasteiger partial charge in [0.25, 0.3) is 11.6 Å². The normalized spacial score (nSPS) is 11.9. The molecule has 1 atom stereocenters. The van der Waals surface area contributed by atoms with Crippen LogP contribution in [0.2, 0.25) is 0 Å². The lowest BCUT2D eigenvalue weighted by Crippen LogP contribution is -2.36. The highest BCUT2D eigenvalue weighted by Crippen LogP contribution is 2.30. The van der Waals surface area contributed by atoms with E-state index < -0.39 is 33.1 Å². The van der Waals surface area contributed by atoms with Crippen molar-refractivity contribution in [3.05, 3.63) is 88.0 Å². The Kier molecular flexibility index (Phi) is 10.4. The van der Waals surface area contributed by atoms with Gasteiger partial charge in [-0.25, -0.2) is 17.9 Å². The summed E-state index contributed by atoms with van der Waals surface area (Å²) in [5.74, 6) is -0.129. The molecule has 3 rings (SSSR count). The van der Waals surface area contributed by atoms with Crippen LogP contribution >= 0.6 is 0 Å². The molecule has 14 heteroatoms. The molecule has 0 aliphatic carbocycles. The minimum absolute atomic E-state index is 0.00481. The summed E-state index contributed by atoms with van der Waals surface area (Å²) in [6.07, 6.45) is -1.84. The molecule has 13 nitrogen and oxygen atoms in total. The number of amides is 2. The summed E-state index contributed by atoms with van der Waals surface area (Å²) in [5.41, 5.74) is 1.72. The Morgan fingerprint density at radius 3 is 2.19 bits per heavy atom. The first-order chi connectivity index (χ1) is 19.7. The number of hydrogen-bond donors (Lipinski definition) is 3. The van der Waals surface area contributed by atoms with Gasteiger partial charge in [-0.2, -0.15) is 0 Å². The number of nitro benzene ring substituents is 1. The Balaban J connectivity index is 1.64. The van der Waals surface area contributed by atoms with Crippen molar-refractivity contribution in [2.75, 3.05) is 26.0 Å². The molecule has 0 saturated heterocycles. The van der Waals surface area contributed by atoms with Crippen LogP contribution in [-0.2, 0) is 10.0 Å². The predicted molar refractivity (Wildman–Crippen MR) is 153 cm³/mol. The molecule has 0 spiro atoms. The van der Waals surface area contributed by atoms with Crippen molar-refractivity contribution in [1.29, 1.82) is 0 Å². The number of aliphatic hydroxyl groups excluding tert-OH is 1. The van der Waals surface area contributed by atoms with E-state index in [0.717, 1.165) is 16.7 Å². The number of aliphatic hydroxyl groups is 1. The summed E-state index contributed by atoms with van der Waals surface area (Å²) in [4.78, 5) is 35.4. The second-order valence-corrected chi connectivity index (χ2v) is 11.3. The van der Waals surface area contributed by atoms with Gasteiger partial charge in [-0.3, -0.25) is 14.9 Å². The molecule has 0 bridgehead atoms. The summed E-state index contributed by atoms with van der Waals surface area (Å²) >= 11 is 0. The van der Waals surface area contributed by atoms with Crippen molar-refractivity contribution >= 4 is 27.7 Å². The molecule has 0 aliphatic rings. The van der Waals surface area contributed by atoms with Crippen LogP contribution in [0, 0.1) is 10.1 Å². The Hall–Kier alpha value is -4.69. The highest BCUT2D eigenvalue weighted by Gasteiger charge is 2.20. The molecule has 0 aromatic heterocycles. The molecule has 3 N–H and O–H groups in total. The molecule has 3 aromatic carbocycles. The molecule has 0 saturated carbocycles. The van der Waals surface area contributed by atoms with Crippen LogP contribution < -0.4 is 14.2 Å². The number of carbonyl (C=O) groups is 2. The van der Waals surface area contributed by atoms with Gasteiger partial charge in [0, 0.05) is 12.1 Å². The zero-order valence-corrected chi connectivity index (χ0v) is 23.9. The third kappa shape index (κ3) is 9.17. The zero-order chi connectivity index (χ0) is 31.0. The van der Waals surface area contributed by atoms with E-state index in [0.29, 0.717) is 16.9 Å². The van der Waals surface area contributed by atoms with Crippen molar-refractivity contribution < 1.29 is 42.6 Å². The van der Waals surface area contributed by atoms with Crippen LogP contribution in [0.3, 0.4) is 0 Å². The number of nitro groups is 1. The lowest BCUT2D eigenvalue weighted by atomic mass is 10.0. The molecule has 0 aliphatic heterocycles. The average molecular weight is 602 g/mol. The van der Waals surface area contributed by atoms with Crippen molar-refractivity contribution in [3.63, 3.8) is 0 Å². The predicted octanol–water partition coefficient (Wildman–Crippen LogP) is 3.83. The smallest absolute Gasteiger partial charge is 0.407 e. The number of ether oxygens (including phenoxy) is 2. The number of sulfonamides is 1. The van der Waals surface area contributed by atoms with Crippen LogP contribution in [0.4, 0.5) is 10.5 Å².